The monoisotopic (exact) mass is 628 g/mol. The first-order valence-corrected chi connectivity index (χ1v) is 9.85. The van der Waals surface area contributed by atoms with Gasteiger partial charge in [-0.05, 0) is 35.2 Å². The van der Waals surface area contributed by atoms with Crippen LogP contribution in [0.1, 0.15) is 0 Å². The van der Waals surface area contributed by atoms with Crippen LogP contribution in [0.4, 0.5) is 70.2 Å². The first-order valence-electron chi connectivity index (χ1n) is 9.85. The molecule has 17 heteroatoms. The summed E-state index contributed by atoms with van der Waals surface area (Å²) in [5.41, 5.74) is -5.90. The van der Waals surface area contributed by atoms with Crippen LogP contribution in [0.5, 0.6) is 0 Å². The summed E-state index contributed by atoms with van der Waals surface area (Å²) >= 11 is 0. The molecule has 0 aliphatic heterocycles. The van der Waals surface area contributed by atoms with Crippen LogP contribution < -0.4 is 0 Å². The SMILES string of the molecule is Fc1ccc(-c2c(F)c(F)c(F)c(F)c2F)c(F)c1F.Fc1ccc(-c2c(F)c(F)c(F)c(F)c2F)c(F)c1F.[SiH4]. The molecule has 0 aromatic heterocycles. The minimum Gasteiger partial charge on any atom is -0.204 e. The van der Waals surface area contributed by atoms with Crippen molar-refractivity contribution in [2.75, 3.05) is 0 Å². The lowest BCUT2D eigenvalue weighted by Crippen LogP contribution is -2.06. The Balaban J connectivity index is 0.000000280. The highest BCUT2D eigenvalue weighted by Crippen LogP contribution is 2.35. The molecular weight excluding hydrogens is 620 g/mol. The number of hydrogen-bond donors (Lipinski definition) is 0. The molecule has 220 valence electrons. The molecule has 0 heterocycles. The predicted octanol–water partition coefficient (Wildman–Crippen LogP) is 7.48. The van der Waals surface area contributed by atoms with Gasteiger partial charge in [-0.3, -0.25) is 0 Å². The third kappa shape index (κ3) is 5.62. The van der Waals surface area contributed by atoms with Gasteiger partial charge in [0.25, 0.3) is 0 Å². The fourth-order valence-corrected chi connectivity index (χ4v) is 3.12. The molecular formula is C24H8F16Si. The quantitative estimate of drug-likeness (QED) is 0.0935. The third-order valence-corrected chi connectivity index (χ3v) is 5.03. The van der Waals surface area contributed by atoms with E-state index in [0.717, 1.165) is 0 Å². The number of rotatable bonds is 2. The fraction of sp³-hybridized carbons (Fsp3) is 0. The Morgan fingerprint density at radius 2 is 0.463 bits per heavy atom. The molecule has 0 saturated carbocycles. The Labute approximate surface area is 221 Å². The molecule has 4 aromatic carbocycles. The summed E-state index contributed by atoms with van der Waals surface area (Å²) in [7, 11) is 0. The van der Waals surface area contributed by atoms with Gasteiger partial charge < -0.3 is 0 Å². The Morgan fingerprint density at radius 1 is 0.244 bits per heavy atom. The summed E-state index contributed by atoms with van der Waals surface area (Å²) < 4.78 is 209. The molecule has 0 N–H and O–H groups in total. The fourth-order valence-electron chi connectivity index (χ4n) is 3.12. The second kappa shape index (κ2) is 12.2. The van der Waals surface area contributed by atoms with E-state index in [4.69, 9.17) is 0 Å². The van der Waals surface area contributed by atoms with Crippen LogP contribution in [-0.2, 0) is 0 Å². The molecule has 0 aliphatic rings. The van der Waals surface area contributed by atoms with Gasteiger partial charge in [0.1, 0.15) is 0 Å². The summed E-state index contributed by atoms with van der Waals surface area (Å²) in [6.07, 6.45) is 0. The van der Waals surface area contributed by atoms with Crippen molar-refractivity contribution in [1.82, 2.24) is 0 Å². The van der Waals surface area contributed by atoms with Crippen molar-refractivity contribution in [2.24, 2.45) is 0 Å². The summed E-state index contributed by atoms with van der Waals surface area (Å²) in [5, 5.41) is 0. The van der Waals surface area contributed by atoms with Gasteiger partial charge in [-0.15, -0.1) is 0 Å². The molecule has 4 aromatic rings. The predicted molar refractivity (Wildman–Crippen MR) is 114 cm³/mol. The van der Waals surface area contributed by atoms with Crippen molar-refractivity contribution in [3.05, 3.63) is 117 Å². The van der Waals surface area contributed by atoms with Crippen molar-refractivity contribution in [2.45, 2.75) is 0 Å². The zero-order valence-electron chi connectivity index (χ0n) is 18.4. The maximum atomic E-state index is 13.4. The Bertz CT molecular complexity index is 1490. The zero-order valence-corrected chi connectivity index (χ0v) is 18.4. The first kappa shape index (κ1) is 33.2. The summed E-state index contributed by atoms with van der Waals surface area (Å²) in [6, 6.07) is 1.33. The van der Waals surface area contributed by atoms with Crippen LogP contribution in [0.3, 0.4) is 0 Å². The third-order valence-electron chi connectivity index (χ3n) is 5.03. The maximum Gasteiger partial charge on any atom is 0.200 e. The van der Waals surface area contributed by atoms with Gasteiger partial charge in [-0.2, -0.15) is 0 Å². The van der Waals surface area contributed by atoms with Crippen molar-refractivity contribution in [1.29, 1.82) is 0 Å². The van der Waals surface area contributed by atoms with E-state index in [9.17, 15) is 70.2 Å². The standard InChI is InChI=1S/2C12H2F8.H4Si/c2*13-4-2-1-3(6(14)7(4)15)5-8(16)10(18)12(20)11(19)9(5)17;/h2*1-2H;1H4. The Hall–Kier alpha value is -4.02. The molecule has 0 unspecified atom stereocenters. The average Bonchev–Trinajstić information content (AvgIpc) is 2.93. The largest absolute Gasteiger partial charge is 0.204 e. The summed E-state index contributed by atoms with van der Waals surface area (Å²) in [6.45, 7) is 0. The van der Waals surface area contributed by atoms with E-state index in [2.05, 4.69) is 0 Å². The molecule has 4 rings (SSSR count). The first-order chi connectivity index (χ1) is 18.5. The lowest BCUT2D eigenvalue weighted by Gasteiger charge is -2.09. The lowest BCUT2D eigenvalue weighted by atomic mass is 10.0. The van der Waals surface area contributed by atoms with Crippen LogP contribution >= 0.6 is 0 Å². The minimum atomic E-state index is -2.44. The van der Waals surface area contributed by atoms with Gasteiger partial charge >= 0.3 is 0 Å². The highest BCUT2D eigenvalue weighted by Gasteiger charge is 2.30. The van der Waals surface area contributed by atoms with E-state index in [1.54, 1.807) is 0 Å². The van der Waals surface area contributed by atoms with Crippen LogP contribution in [-0.4, -0.2) is 11.0 Å². The second-order valence-electron chi connectivity index (χ2n) is 7.34. The van der Waals surface area contributed by atoms with Gasteiger partial charge in [-0.1, -0.05) is 0 Å². The van der Waals surface area contributed by atoms with Gasteiger partial charge in [0.2, 0.25) is 11.6 Å². The Kier molecular flexibility index (Phi) is 9.90. The number of benzene rings is 4. The van der Waals surface area contributed by atoms with Gasteiger partial charge in [0.05, 0.1) is 11.1 Å². The Morgan fingerprint density at radius 3 is 0.707 bits per heavy atom. The van der Waals surface area contributed by atoms with Crippen molar-refractivity contribution >= 4 is 11.0 Å². The number of hydrogen-bond acceptors (Lipinski definition) is 0. The van der Waals surface area contributed by atoms with Crippen molar-refractivity contribution < 1.29 is 70.2 Å². The molecule has 41 heavy (non-hydrogen) atoms. The molecule has 0 saturated heterocycles. The van der Waals surface area contributed by atoms with Crippen LogP contribution in [0.25, 0.3) is 22.3 Å². The van der Waals surface area contributed by atoms with Gasteiger partial charge in [-0.25, -0.2) is 70.2 Å². The molecule has 0 atom stereocenters. The van der Waals surface area contributed by atoms with E-state index in [0.29, 0.717) is 24.3 Å². The highest BCUT2D eigenvalue weighted by atomic mass is 28.1. The van der Waals surface area contributed by atoms with Crippen molar-refractivity contribution in [3.63, 3.8) is 0 Å². The normalized spacial score (nSPS) is 10.7. The molecule has 0 radical (unpaired) electrons. The van der Waals surface area contributed by atoms with Gasteiger partial charge in [0, 0.05) is 11.1 Å². The van der Waals surface area contributed by atoms with Crippen LogP contribution in [0, 0.1) is 93.1 Å². The average molecular weight is 628 g/mol. The smallest absolute Gasteiger partial charge is 0.200 e. The summed E-state index contributed by atoms with van der Waals surface area (Å²) in [5.74, 6) is -35.2. The zero-order chi connectivity index (χ0) is 30.4. The van der Waals surface area contributed by atoms with Crippen LogP contribution in [0.15, 0.2) is 24.3 Å². The second-order valence-corrected chi connectivity index (χ2v) is 7.34. The molecule has 0 bridgehead atoms. The van der Waals surface area contributed by atoms with Crippen molar-refractivity contribution in [3.8, 4) is 22.3 Å². The van der Waals surface area contributed by atoms with E-state index in [1.807, 2.05) is 0 Å². The van der Waals surface area contributed by atoms with E-state index in [-0.39, 0.29) is 11.0 Å². The van der Waals surface area contributed by atoms with E-state index >= 15 is 0 Å². The van der Waals surface area contributed by atoms with E-state index in [1.165, 1.54) is 0 Å². The molecule has 0 fully saturated rings. The number of halogens is 16. The van der Waals surface area contributed by atoms with Gasteiger partial charge in [0.15, 0.2) is 81.4 Å². The topological polar surface area (TPSA) is 0 Å². The molecule has 0 amide bonds. The van der Waals surface area contributed by atoms with Crippen LogP contribution in [0.2, 0.25) is 0 Å². The van der Waals surface area contributed by atoms with E-state index < -0.39 is 115 Å². The highest BCUT2D eigenvalue weighted by molar-refractivity contribution is 5.75. The minimum absolute atomic E-state index is 0. The molecule has 0 aliphatic carbocycles. The molecule has 0 spiro atoms. The maximum absolute atomic E-state index is 13.4. The molecule has 0 nitrogen and oxygen atoms in total. The summed E-state index contributed by atoms with van der Waals surface area (Å²) in [4.78, 5) is 0. The lowest BCUT2D eigenvalue weighted by molar-refractivity contribution is 0.380.